The van der Waals surface area contributed by atoms with Gasteiger partial charge in [-0.3, -0.25) is 0 Å². The lowest BCUT2D eigenvalue weighted by atomic mass is 9.87. The fraction of sp³-hybridized carbons (Fsp3) is 0.182. The Morgan fingerprint density at radius 1 is 0.690 bits per heavy atom. The number of benzene rings is 3. The van der Waals surface area contributed by atoms with Crippen molar-refractivity contribution in [3.05, 3.63) is 88.4 Å². The summed E-state index contributed by atoms with van der Waals surface area (Å²) in [6.07, 6.45) is 0. The molecule has 0 aliphatic carbocycles. The molecule has 0 radical (unpaired) electrons. The molecule has 0 amide bonds. The van der Waals surface area contributed by atoms with Crippen LogP contribution in [0.25, 0.3) is 0 Å². The molecule has 0 spiro atoms. The molecule has 0 atom stereocenters. The lowest BCUT2D eigenvalue weighted by Gasteiger charge is -2.25. The molecule has 0 aromatic heterocycles. The largest absolute Gasteiger partial charge is 0.490 e. The molecule has 3 aromatic carbocycles. The van der Waals surface area contributed by atoms with E-state index in [1.54, 1.807) is 48.5 Å². The summed E-state index contributed by atoms with van der Waals surface area (Å²) in [6, 6.07) is 21.8. The van der Waals surface area contributed by atoms with Gasteiger partial charge in [-0.1, -0.05) is 80.4 Å². The Balaban J connectivity index is 1.93. The summed E-state index contributed by atoms with van der Waals surface area (Å²) in [5, 5.41) is 0.826. The van der Waals surface area contributed by atoms with Crippen LogP contribution in [0.3, 0.4) is 0 Å². The average molecular weight is 467 g/mol. The minimum absolute atomic E-state index is 0.0286. The van der Waals surface area contributed by atoms with Crippen molar-refractivity contribution in [2.24, 2.45) is 0 Å². The summed E-state index contributed by atoms with van der Waals surface area (Å²) in [4.78, 5) is 0. The average Bonchev–Trinajstić information content (AvgIpc) is 2.65. The fourth-order valence-electron chi connectivity index (χ4n) is 2.48. The number of hydrogen-bond donors (Lipinski definition) is 0. The molecule has 3 rings (SSSR count). The molecule has 0 aliphatic rings. The smallest absolute Gasteiger partial charge is 0.407 e. The SMILES string of the molecule is CC(C)(C)c1ccc(OP(=S)(Oc2ccccc2Cl)Oc2ccccc2Cl)cc1. The Bertz CT molecular complexity index is 981. The van der Waals surface area contributed by atoms with Crippen molar-refractivity contribution in [2.45, 2.75) is 26.2 Å². The van der Waals surface area contributed by atoms with E-state index in [1.807, 2.05) is 24.3 Å². The van der Waals surface area contributed by atoms with E-state index in [-0.39, 0.29) is 5.41 Å². The van der Waals surface area contributed by atoms with Gasteiger partial charge in [-0.05, 0) is 47.4 Å². The topological polar surface area (TPSA) is 27.7 Å². The normalized spacial score (nSPS) is 11.8. The molecule has 3 aromatic rings. The van der Waals surface area contributed by atoms with Gasteiger partial charge in [0.1, 0.15) is 17.2 Å². The van der Waals surface area contributed by atoms with Crippen LogP contribution in [0.2, 0.25) is 10.0 Å². The zero-order chi connectivity index (χ0) is 21.1. The van der Waals surface area contributed by atoms with Crippen molar-refractivity contribution < 1.29 is 13.6 Å². The molecule has 0 aliphatic heterocycles. The van der Waals surface area contributed by atoms with Gasteiger partial charge in [-0.15, -0.1) is 0 Å². The quantitative estimate of drug-likeness (QED) is 0.343. The van der Waals surface area contributed by atoms with E-state index in [0.29, 0.717) is 27.3 Å². The van der Waals surface area contributed by atoms with Gasteiger partial charge < -0.3 is 13.6 Å². The maximum Gasteiger partial charge on any atom is 0.490 e. The number of hydrogen-bond acceptors (Lipinski definition) is 4. The predicted octanol–water partition coefficient (Wildman–Crippen LogP) is 8.05. The Labute approximate surface area is 186 Å². The van der Waals surface area contributed by atoms with Crippen LogP contribution in [-0.4, -0.2) is 0 Å². The first kappa shape index (κ1) is 22.0. The van der Waals surface area contributed by atoms with Crippen LogP contribution in [-0.2, 0) is 17.2 Å². The standard InChI is InChI=1S/C22H21Cl2O3PS/c1-22(2,3)16-12-14-17(15-13-16)25-28(29,26-20-10-6-4-8-18(20)23)27-21-11-7-5-9-19(21)24/h4-15H,1-3H3. The fourth-order valence-corrected chi connectivity index (χ4v) is 4.97. The highest BCUT2D eigenvalue weighted by Gasteiger charge is 2.29. The van der Waals surface area contributed by atoms with Crippen molar-refractivity contribution in [1.29, 1.82) is 0 Å². The van der Waals surface area contributed by atoms with Crippen LogP contribution in [0.4, 0.5) is 0 Å². The van der Waals surface area contributed by atoms with Gasteiger partial charge in [0.2, 0.25) is 0 Å². The molecule has 29 heavy (non-hydrogen) atoms. The second-order valence-electron chi connectivity index (χ2n) is 7.36. The zero-order valence-electron chi connectivity index (χ0n) is 16.3. The molecule has 0 unspecified atom stereocenters. The summed E-state index contributed by atoms with van der Waals surface area (Å²) in [5.41, 5.74) is 1.21. The van der Waals surface area contributed by atoms with Gasteiger partial charge in [0, 0.05) is 11.8 Å². The van der Waals surface area contributed by atoms with E-state index in [4.69, 9.17) is 48.6 Å². The number of rotatable bonds is 6. The van der Waals surface area contributed by atoms with Gasteiger partial charge in [0.05, 0.1) is 10.0 Å². The van der Waals surface area contributed by atoms with E-state index < -0.39 is 6.72 Å². The Morgan fingerprint density at radius 3 is 1.55 bits per heavy atom. The molecule has 0 N–H and O–H groups in total. The van der Waals surface area contributed by atoms with E-state index in [1.165, 1.54) is 5.56 Å². The summed E-state index contributed by atoms with van der Waals surface area (Å²) in [7, 11) is 0. The Kier molecular flexibility index (Phi) is 6.80. The van der Waals surface area contributed by atoms with Crippen LogP contribution in [0.5, 0.6) is 17.2 Å². The van der Waals surface area contributed by atoms with Crippen LogP contribution in [0.15, 0.2) is 72.8 Å². The maximum atomic E-state index is 6.25. The van der Waals surface area contributed by atoms with Crippen molar-refractivity contribution in [3.8, 4) is 17.2 Å². The molecule has 0 saturated heterocycles. The van der Waals surface area contributed by atoms with Crippen LogP contribution >= 0.6 is 29.9 Å². The highest BCUT2D eigenvalue weighted by atomic mass is 35.5. The van der Waals surface area contributed by atoms with Crippen molar-refractivity contribution in [1.82, 2.24) is 0 Å². The molecule has 0 heterocycles. The highest BCUT2D eigenvalue weighted by molar-refractivity contribution is 8.08. The third kappa shape index (κ3) is 5.90. The first-order valence-corrected chi connectivity index (χ1v) is 12.3. The van der Waals surface area contributed by atoms with Gasteiger partial charge in [0.15, 0.2) is 0 Å². The third-order valence-corrected chi connectivity index (χ3v) is 6.60. The molecular formula is C22H21Cl2O3PS. The predicted molar refractivity (Wildman–Crippen MR) is 124 cm³/mol. The Hall–Kier alpha value is -1.71. The monoisotopic (exact) mass is 466 g/mol. The van der Waals surface area contributed by atoms with Crippen molar-refractivity contribution in [3.63, 3.8) is 0 Å². The van der Waals surface area contributed by atoms with Gasteiger partial charge >= 0.3 is 6.72 Å². The number of halogens is 2. The second kappa shape index (κ2) is 8.97. The molecule has 7 heteroatoms. The second-order valence-corrected chi connectivity index (χ2v) is 11.0. The highest BCUT2D eigenvalue weighted by Crippen LogP contribution is 2.52. The molecule has 152 valence electrons. The zero-order valence-corrected chi connectivity index (χ0v) is 19.5. The third-order valence-electron chi connectivity index (χ3n) is 4.03. The van der Waals surface area contributed by atoms with Crippen LogP contribution < -0.4 is 13.6 Å². The number of para-hydroxylation sites is 2. The van der Waals surface area contributed by atoms with Crippen molar-refractivity contribution in [2.75, 3.05) is 0 Å². The summed E-state index contributed by atoms with van der Waals surface area (Å²) in [5.74, 6) is 1.31. The minimum atomic E-state index is -3.33. The summed E-state index contributed by atoms with van der Waals surface area (Å²) >= 11 is 18.2. The van der Waals surface area contributed by atoms with E-state index in [0.717, 1.165) is 0 Å². The minimum Gasteiger partial charge on any atom is -0.407 e. The summed E-state index contributed by atoms with van der Waals surface area (Å²) in [6.45, 7) is 3.11. The van der Waals surface area contributed by atoms with Crippen molar-refractivity contribution >= 4 is 41.7 Å². The molecule has 0 fully saturated rings. The maximum absolute atomic E-state index is 6.25. The molecular weight excluding hydrogens is 446 g/mol. The summed E-state index contributed by atoms with van der Waals surface area (Å²) < 4.78 is 18.0. The first-order valence-electron chi connectivity index (χ1n) is 8.95. The molecule has 0 bridgehead atoms. The van der Waals surface area contributed by atoms with Gasteiger partial charge in [-0.2, -0.15) is 0 Å². The lowest BCUT2D eigenvalue weighted by molar-refractivity contribution is 0.384. The van der Waals surface area contributed by atoms with Gasteiger partial charge in [0.25, 0.3) is 0 Å². The molecule has 0 saturated carbocycles. The Morgan fingerprint density at radius 2 is 1.14 bits per heavy atom. The van der Waals surface area contributed by atoms with E-state index >= 15 is 0 Å². The lowest BCUT2D eigenvalue weighted by Crippen LogP contribution is -2.11. The van der Waals surface area contributed by atoms with Gasteiger partial charge in [-0.25, -0.2) is 0 Å². The van der Waals surface area contributed by atoms with Crippen LogP contribution in [0, 0.1) is 0 Å². The molecule has 3 nitrogen and oxygen atoms in total. The first-order chi connectivity index (χ1) is 13.7. The van der Waals surface area contributed by atoms with E-state index in [2.05, 4.69) is 20.8 Å². The van der Waals surface area contributed by atoms with E-state index in [9.17, 15) is 0 Å². The van der Waals surface area contributed by atoms with Crippen LogP contribution in [0.1, 0.15) is 26.3 Å².